The molecule has 0 aliphatic rings. The van der Waals surface area contributed by atoms with Crippen molar-refractivity contribution in [3.05, 3.63) is 143 Å². The summed E-state index contributed by atoms with van der Waals surface area (Å²) in [5, 5.41) is 6.31. The Hall–Kier alpha value is -6.93. The first-order valence-corrected chi connectivity index (χ1v) is 16.2. The first-order chi connectivity index (χ1) is 24.6. The first-order valence-electron chi connectivity index (χ1n) is 16.2. The third-order valence-electron chi connectivity index (χ3n) is 9.35. The summed E-state index contributed by atoms with van der Waals surface area (Å²) in [6.07, 6.45) is 3.63. The molecule has 8 nitrogen and oxygen atoms in total. The highest BCUT2D eigenvalue weighted by molar-refractivity contribution is 6.06. The molecule has 0 aliphatic heterocycles. The average Bonchev–Trinajstić information content (AvgIpc) is 3.83. The van der Waals surface area contributed by atoms with Crippen molar-refractivity contribution in [1.29, 1.82) is 0 Å². The number of hydrogen-bond acceptors (Lipinski definition) is 7. The van der Waals surface area contributed by atoms with E-state index in [9.17, 15) is 4.79 Å². The van der Waals surface area contributed by atoms with Crippen molar-refractivity contribution >= 4 is 66.2 Å². The van der Waals surface area contributed by atoms with Crippen LogP contribution in [0.15, 0.2) is 135 Å². The highest BCUT2D eigenvalue weighted by Gasteiger charge is 2.22. The predicted octanol–water partition coefficient (Wildman–Crippen LogP) is 8.83. The van der Waals surface area contributed by atoms with E-state index in [2.05, 4.69) is 6.58 Å². The molecule has 0 bridgehead atoms. The smallest absolute Gasteiger partial charge is 0.264 e. The number of allylic oxidation sites excluding steroid dienone is 1. The van der Waals surface area contributed by atoms with Gasteiger partial charge < -0.3 is 8.83 Å². The van der Waals surface area contributed by atoms with Crippen molar-refractivity contribution in [2.45, 2.75) is 6.92 Å². The Bertz CT molecular complexity index is 3040. The molecular formula is C42H25N5O3. The Balaban J connectivity index is 1.26. The van der Waals surface area contributed by atoms with E-state index in [0.717, 1.165) is 65.6 Å². The fourth-order valence-electron chi connectivity index (χ4n) is 7.10. The molecule has 10 aromatic rings. The summed E-state index contributed by atoms with van der Waals surface area (Å²) in [6.45, 7) is 5.83. The molecular weight excluding hydrogens is 622 g/mol. The Kier molecular flexibility index (Phi) is 5.92. The maximum absolute atomic E-state index is 14.2. The number of pyridine rings is 1. The zero-order chi connectivity index (χ0) is 33.5. The molecule has 5 aromatic carbocycles. The van der Waals surface area contributed by atoms with E-state index in [-0.39, 0.29) is 11.4 Å². The van der Waals surface area contributed by atoms with E-state index in [4.69, 9.17) is 28.8 Å². The second-order valence-electron chi connectivity index (χ2n) is 12.3. The molecule has 0 fully saturated rings. The summed E-state index contributed by atoms with van der Waals surface area (Å²) >= 11 is 0. The number of fused-ring (bicyclic) bond motifs is 8. The quantitative estimate of drug-likeness (QED) is 0.188. The van der Waals surface area contributed by atoms with Gasteiger partial charge in [0.2, 0.25) is 5.82 Å². The summed E-state index contributed by atoms with van der Waals surface area (Å²) in [5.74, 6) is 1.42. The second-order valence-corrected chi connectivity index (χ2v) is 12.3. The van der Waals surface area contributed by atoms with Crippen LogP contribution in [0.4, 0.5) is 0 Å². The fourth-order valence-corrected chi connectivity index (χ4v) is 7.10. The summed E-state index contributed by atoms with van der Waals surface area (Å²) < 4.78 is 14.1. The van der Waals surface area contributed by atoms with Crippen LogP contribution in [0.3, 0.4) is 0 Å². The van der Waals surface area contributed by atoms with E-state index in [1.807, 2.05) is 122 Å². The molecule has 5 heterocycles. The predicted molar refractivity (Wildman–Crippen MR) is 198 cm³/mol. The number of aryl methyl sites for hydroxylation is 1. The van der Waals surface area contributed by atoms with Crippen molar-refractivity contribution in [3.63, 3.8) is 0 Å². The van der Waals surface area contributed by atoms with E-state index in [1.165, 1.54) is 0 Å². The molecule has 0 spiro atoms. The number of furan rings is 2. The van der Waals surface area contributed by atoms with Crippen LogP contribution in [0.5, 0.6) is 0 Å². The molecule has 0 saturated carbocycles. The fraction of sp³-hybridized carbons (Fsp3) is 0.0238. The minimum Gasteiger partial charge on any atom is -0.456 e. The minimum absolute atomic E-state index is 0.205. The highest BCUT2D eigenvalue weighted by atomic mass is 16.3. The second kappa shape index (κ2) is 10.5. The van der Waals surface area contributed by atoms with Crippen LogP contribution in [0.2, 0.25) is 0 Å². The van der Waals surface area contributed by atoms with Crippen LogP contribution in [-0.2, 0) is 0 Å². The van der Waals surface area contributed by atoms with Crippen molar-refractivity contribution in [3.8, 4) is 34.4 Å². The summed E-state index contributed by atoms with van der Waals surface area (Å²) in [4.78, 5) is 34.1. The average molecular weight is 648 g/mol. The van der Waals surface area contributed by atoms with Gasteiger partial charge in [0.25, 0.3) is 5.56 Å². The van der Waals surface area contributed by atoms with E-state index in [1.54, 1.807) is 10.5 Å². The lowest BCUT2D eigenvalue weighted by molar-refractivity contribution is 0.668. The maximum Gasteiger partial charge on any atom is 0.264 e. The summed E-state index contributed by atoms with van der Waals surface area (Å²) in [5.41, 5.74) is 5.66. The molecule has 0 unspecified atom stereocenters. The molecule has 5 aromatic heterocycles. The monoisotopic (exact) mass is 647 g/mol. The van der Waals surface area contributed by atoms with Crippen molar-refractivity contribution in [2.75, 3.05) is 0 Å². The first kappa shape index (κ1) is 28.1. The van der Waals surface area contributed by atoms with Gasteiger partial charge in [-0.3, -0.25) is 9.20 Å². The number of nitrogens with zero attached hydrogens (tertiary/aromatic N) is 5. The van der Waals surface area contributed by atoms with Gasteiger partial charge in [-0.15, -0.1) is 0 Å². The normalized spacial score (nSPS) is 12.4. The van der Waals surface area contributed by atoms with Gasteiger partial charge >= 0.3 is 0 Å². The number of hydrogen-bond donors (Lipinski definition) is 0. The lowest BCUT2D eigenvalue weighted by Crippen LogP contribution is -2.22. The molecule has 236 valence electrons. The molecule has 0 amide bonds. The molecule has 0 radical (unpaired) electrons. The maximum atomic E-state index is 14.2. The zero-order valence-corrected chi connectivity index (χ0v) is 26.7. The third-order valence-corrected chi connectivity index (χ3v) is 9.35. The molecule has 50 heavy (non-hydrogen) atoms. The van der Waals surface area contributed by atoms with Crippen LogP contribution in [-0.4, -0.2) is 24.3 Å². The zero-order valence-electron chi connectivity index (χ0n) is 26.7. The Labute approximate surface area is 283 Å². The number of aromatic nitrogens is 5. The highest BCUT2D eigenvalue weighted by Crippen LogP contribution is 2.34. The van der Waals surface area contributed by atoms with E-state index < -0.39 is 0 Å². The van der Waals surface area contributed by atoms with Crippen LogP contribution in [0.1, 0.15) is 5.69 Å². The van der Waals surface area contributed by atoms with Gasteiger partial charge in [-0.2, -0.15) is 0 Å². The Morgan fingerprint density at radius 3 is 1.66 bits per heavy atom. The van der Waals surface area contributed by atoms with Crippen LogP contribution >= 0.6 is 0 Å². The lowest BCUT2D eigenvalue weighted by atomic mass is 10.1. The van der Waals surface area contributed by atoms with Gasteiger partial charge in [0.1, 0.15) is 22.3 Å². The van der Waals surface area contributed by atoms with Crippen LogP contribution in [0.25, 0.3) is 101 Å². The van der Waals surface area contributed by atoms with Gasteiger partial charge in [0.15, 0.2) is 17.5 Å². The van der Waals surface area contributed by atoms with Crippen molar-refractivity contribution in [1.82, 2.24) is 24.3 Å². The minimum atomic E-state index is -0.205. The number of para-hydroxylation sites is 2. The van der Waals surface area contributed by atoms with Gasteiger partial charge in [-0.25, -0.2) is 19.9 Å². The van der Waals surface area contributed by atoms with Gasteiger partial charge in [-0.05, 0) is 54.8 Å². The van der Waals surface area contributed by atoms with Crippen molar-refractivity contribution < 1.29 is 8.83 Å². The largest absolute Gasteiger partial charge is 0.456 e. The Morgan fingerprint density at radius 1 is 0.580 bits per heavy atom. The van der Waals surface area contributed by atoms with Gasteiger partial charge in [0, 0.05) is 43.3 Å². The molecule has 0 saturated heterocycles. The molecule has 10 rings (SSSR count). The summed E-state index contributed by atoms with van der Waals surface area (Å²) in [7, 11) is 0. The number of benzene rings is 5. The topological polar surface area (TPSA) is 99.3 Å². The number of rotatable bonds is 4. The van der Waals surface area contributed by atoms with Gasteiger partial charge in [-0.1, -0.05) is 85.5 Å². The molecule has 0 N–H and O–H groups in total. The molecule has 0 aliphatic carbocycles. The SMILES string of the molecule is C=C/C=c1/c2ccccc2c(=O)n2c(-c3nc(-c4ccc5c(c4)oc4ccccc45)nc(-c4ccc5c(c4)oc4ccccc45)n3)nc(C)c12. The van der Waals surface area contributed by atoms with Crippen LogP contribution in [0, 0.1) is 6.92 Å². The van der Waals surface area contributed by atoms with Crippen LogP contribution < -0.4 is 10.8 Å². The van der Waals surface area contributed by atoms with Crippen molar-refractivity contribution in [2.24, 2.45) is 0 Å². The number of imidazole rings is 1. The van der Waals surface area contributed by atoms with Gasteiger partial charge in [0.05, 0.1) is 11.2 Å². The van der Waals surface area contributed by atoms with E-state index in [0.29, 0.717) is 34.1 Å². The standard InChI is InChI=1S/C42H25N5O3/c1-3-10-31-26-11-4-5-14-32(26)42(48)47-37(31)23(2)43-41(47)40-45-38(24-17-19-29-27-12-6-8-15-33(27)49-35(29)21-24)44-39(46-40)25-18-20-30-28-13-7-9-16-34(28)50-36(30)22-25/h3-22H,1H2,2H3/b31-10-. The molecule has 8 heteroatoms. The third kappa shape index (κ3) is 4.08. The Morgan fingerprint density at radius 2 is 1.08 bits per heavy atom. The van der Waals surface area contributed by atoms with E-state index >= 15 is 0 Å². The lowest BCUT2D eigenvalue weighted by Gasteiger charge is -2.09. The molecule has 0 atom stereocenters. The summed E-state index contributed by atoms with van der Waals surface area (Å²) in [6, 6.07) is 35.3.